The van der Waals surface area contributed by atoms with Crippen LogP contribution in [0.2, 0.25) is 0 Å². The Morgan fingerprint density at radius 2 is 1.79 bits per heavy atom. The van der Waals surface area contributed by atoms with Crippen LogP contribution in [0.25, 0.3) is 0 Å². The summed E-state index contributed by atoms with van der Waals surface area (Å²) in [7, 11) is 3.62. The van der Waals surface area contributed by atoms with Crippen molar-refractivity contribution in [2.24, 2.45) is 11.3 Å². The van der Waals surface area contributed by atoms with Gasteiger partial charge in [0.2, 0.25) is 11.8 Å². The summed E-state index contributed by atoms with van der Waals surface area (Å²) < 4.78 is 0. The largest absolute Gasteiger partial charge is 0.478 e. The summed E-state index contributed by atoms with van der Waals surface area (Å²) in [5, 5.41) is 12.2. The minimum atomic E-state index is -1.00. The Labute approximate surface area is 175 Å². The number of likely N-dealkylation sites (N-methyl/N-ethyl adjacent to an activating group) is 2. The molecule has 0 bridgehead atoms. The van der Waals surface area contributed by atoms with Crippen LogP contribution in [0.15, 0.2) is 11.6 Å². The van der Waals surface area contributed by atoms with Gasteiger partial charge in [-0.2, -0.15) is 0 Å². The predicted molar refractivity (Wildman–Crippen MR) is 114 cm³/mol. The van der Waals surface area contributed by atoms with Crippen LogP contribution >= 0.6 is 0 Å². The predicted octanol–water partition coefficient (Wildman–Crippen LogP) is 2.52. The number of amides is 2. The van der Waals surface area contributed by atoms with Crippen LogP contribution in [0, 0.1) is 11.3 Å². The zero-order chi connectivity index (χ0) is 22.5. The highest BCUT2D eigenvalue weighted by atomic mass is 16.4. The van der Waals surface area contributed by atoms with Gasteiger partial charge in [0.25, 0.3) is 0 Å². The van der Waals surface area contributed by atoms with Gasteiger partial charge in [0.15, 0.2) is 0 Å². The molecule has 0 radical (unpaired) electrons. The van der Waals surface area contributed by atoms with E-state index in [0.29, 0.717) is 0 Å². The number of rotatable bonds is 7. The van der Waals surface area contributed by atoms with Crippen molar-refractivity contribution in [3.63, 3.8) is 0 Å². The van der Waals surface area contributed by atoms with Crippen LogP contribution in [0.4, 0.5) is 0 Å². The molecule has 3 unspecified atom stereocenters. The van der Waals surface area contributed by atoms with Gasteiger partial charge in [-0.25, -0.2) is 4.79 Å². The number of nitrogens with one attached hydrogen (secondary N) is 1. The van der Waals surface area contributed by atoms with Crippen LogP contribution in [-0.4, -0.2) is 71.5 Å². The van der Waals surface area contributed by atoms with E-state index in [4.69, 9.17) is 0 Å². The maximum Gasteiger partial charge on any atom is 0.331 e. The number of carbonyl (C=O) groups is 3. The second kappa shape index (κ2) is 10.2. The third-order valence-corrected chi connectivity index (χ3v) is 5.71. The van der Waals surface area contributed by atoms with Gasteiger partial charge in [-0.15, -0.1) is 0 Å². The van der Waals surface area contributed by atoms with Crippen LogP contribution < -0.4 is 5.32 Å². The molecule has 0 aromatic rings. The fourth-order valence-electron chi connectivity index (χ4n) is 3.72. The molecule has 1 fully saturated rings. The van der Waals surface area contributed by atoms with Crippen LogP contribution in [0.1, 0.15) is 60.8 Å². The molecule has 0 aromatic carbocycles. The molecule has 0 saturated carbocycles. The molecular weight excluding hydrogens is 370 g/mol. The fraction of sp³-hybridized carbons (Fsp3) is 0.773. The third-order valence-electron chi connectivity index (χ3n) is 5.71. The maximum atomic E-state index is 13.4. The number of piperidine rings is 1. The first-order chi connectivity index (χ1) is 13.3. The smallest absolute Gasteiger partial charge is 0.331 e. The Hall–Kier alpha value is -1.89. The molecule has 1 heterocycles. The highest BCUT2D eigenvalue weighted by molar-refractivity contribution is 5.91. The second-order valence-electron chi connectivity index (χ2n) is 9.64. The van der Waals surface area contributed by atoms with Crippen molar-refractivity contribution in [1.82, 2.24) is 15.1 Å². The minimum Gasteiger partial charge on any atom is -0.478 e. The van der Waals surface area contributed by atoms with Gasteiger partial charge in [-0.1, -0.05) is 47.1 Å². The number of nitrogens with zero attached hydrogens (tertiary/aromatic N) is 2. The first kappa shape index (κ1) is 25.1. The lowest BCUT2D eigenvalue weighted by Gasteiger charge is -2.39. The zero-order valence-corrected chi connectivity index (χ0v) is 19.3. The summed E-state index contributed by atoms with van der Waals surface area (Å²) in [5.74, 6) is -1.30. The van der Waals surface area contributed by atoms with Gasteiger partial charge in [0, 0.05) is 12.6 Å². The SMILES string of the molecule is CC(=CC(C(C)C)N(C)C(=O)C(NC(=O)C1CCCCN1C)C(C)(C)C)C(=O)O. The van der Waals surface area contributed by atoms with E-state index in [2.05, 4.69) is 5.32 Å². The second-order valence-corrected chi connectivity index (χ2v) is 9.64. The molecule has 1 rings (SSSR count). The number of carbonyl (C=O) groups excluding carboxylic acids is 2. The third kappa shape index (κ3) is 6.84. The van der Waals surface area contributed by atoms with Crippen molar-refractivity contribution in [3.05, 3.63) is 11.6 Å². The van der Waals surface area contributed by atoms with Crippen LogP contribution in [0.3, 0.4) is 0 Å². The van der Waals surface area contributed by atoms with Gasteiger partial charge in [-0.3, -0.25) is 14.5 Å². The summed E-state index contributed by atoms with van der Waals surface area (Å²) in [6.07, 6.45) is 4.49. The lowest BCUT2D eigenvalue weighted by Crippen LogP contribution is -2.59. The molecule has 166 valence electrons. The van der Waals surface area contributed by atoms with E-state index in [1.165, 1.54) is 6.92 Å². The van der Waals surface area contributed by atoms with E-state index < -0.39 is 17.4 Å². The van der Waals surface area contributed by atoms with Crippen molar-refractivity contribution in [2.75, 3.05) is 20.6 Å². The van der Waals surface area contributed by atoms with E-state index in [0.717, 1.165) is 25.8 Å². The Morgan fingerprint density at radius 1 is 1.21 bits per heavy atom. The van der Waals surface area contributed by atoms with Crippen molar-refractivity contribution >= 4 is 17.8 Å². The Bertz CT molecular complexity index is 636. The topological polar surface area (TPSA) is 90.0 Å². The number of aliphatic carboxylic acids is 1. The maximum absolute atomic E-state index is 13.4. The lowest BCUT2D eigenvalue weighted by molar-refractivity contribution is -0.141. The van der Waals surface area contributed by atoms with Gasteiger partial charge < -0.3 is 15.3 Å². The summed E-state index contributed by atoms with van der Waals surface area (Å²) in [5.41, 5.74) is -0.287. The molecule has 2 N–H and O–H groups in total. The number of carboxylic acid groups (broad SMARTS) is 1. The Balaban J connectivity index is 3.10. The molecule has 1 aliphatic rings. The molecule has 0 aliphatic carbocycles. The summed E-state index contributed by atoms with van der Waals surface area (Å²) in [6.45, 7) is 12.1. The van der Waals surface area contributed by atoms with E-state index >= 15 is 0 Å². The molecule has 2 amide bonds. The van der Waals surface area contributed by atoms with Gasteiger partial charge >= 0.3 is 5.97 Å². The zero-order valence-electron chi connectivity index (χ0n) is 19.3. The normalized spacial score (nSPS) is 20.9. The average Bonchev–Trinajstić information content (AvgIpc) is 2.61. The van der Waals surface area contributed by atoms with Crippen molar-refractivity contribution in [2.45, 2.75) is 78.9 Å². The fourth-order valence-corrected chi connectivity index (χ4v) is 3.72. The summed E-state index contributed by atoms with van der Waals surface area (Å²) in [4.78, 5) is 41.2. The molecule has 3 atom stereocenters. The highest BCUT2D eigenvalue weighted by Crippen LogP contribution is 2.25. The first-order valence-electron chi connectivity index (χ1n) is 10.5. The number of hydrogen-bond acceptors (Lipinski definition) is 4. The Morgan fingerprint density at radius 3 is 2.24 bits per heavy atom. The van der Waals surface area contributed by atoms with Crippen molar-refractivity contribution in [1.29, 1.82) is 0 Å². The summed E-state index contributed by atoms with van der Waals surface area (Å²) >= 11 is 0. The molecule has 1 saturated heterocycles. The van der Waals surface area contributed by atoms with Crippen molar-refractivity contribution < 1.29 is 19.5 Å². The lowest BCUT2D eigenvalue weighted by atomic mass is 9.84. The number of likely N-dealkylation sites (tertiary alicyclic amines) is 1. The molecular formula is C22H39N3O4. The monoisotopic (exact) mass is 409 g/mol. The van der Waals surface area contributed by atoms with E-state index in [1.54, 1.807) is 18.0 Å². The number of carboxylic acids is 1. The van der Waals surface area contributed by atoms with E-state index in [-0.39, 0.29) is 35.4 Å². The van der Waals surface area contributed by atoms with Gasteiger partial charge in [0.05, 0.1) is 12.1 Å². The van der Waals surface area contributed by atoms with Crippen LogP contribution in [-0.2, 0) is 14.4 Å². The minimum absolute atomic E-state index is 0.0269. The van der Waals surface area contributed by atoms with Crippen LogP contribution in [0.5, 0.6) is 0 Å². The van der Waals surface area contributed by atoms with E-state index in [1.807, 2.05) is 46.6 Å². The number of hydrogen-bond donors (Lipinski definition) is 2. The molecule has 0 spiro atoms. The quantitative estimate of drug-likeness (QED) is 0.631. The standard InChI is InChI=1S/C22H39N3O4/c1-14(2)17(13-15(3)21(28)29)25(8)20(27)18(22(4,5)6)23-19(26)16-11-9-10-12-24(16)7/h13-14,16-18H,9-12H2,1-8H3,(H,23,26)(H,28,29). The molecule has 1 aliphatic heterocycles. The highest BCUT2D eigenvalue weighted by Gasteiger charge is 2.39. The first-order valence-corrected chi connectivity index (χ1v) is 10.5. The Kier molecular flexibility index (Phi) is 8.87. The summed E-state index contributed by atoms with van der Waals surface area (Å²) in [6, 6.07) is -1.30. The van der Waals surface area contributed by atoms with E-state index in [9.17, 15) is 19.5 Å². The molecule has 7 heteroatoms. The van der Waals surface area contributed by atoms with Gasteiger partial charge in [-0.05, 0) is 44.7 Å². The molecule has 29 heavy (non-hydrogen) atoms. The average molecular weight is 410 g/mol. The molecule has 7 nitrogen and oxygen atoms in total. The van der Waals surface area contributed by atoms with Gasteiger partial charge in [0.1, 0.15) is 6.04 Å². The van der Waals surface area contributed by atoms with Crippen molar-refractivity contribution in [3.8, 4) is 0 Å². The molecule has 0 aromatic heterocycles.